The highest BCUT2D eigenvalue weighted by Gasteiger charge is 2.38. The molecule has 3 N–H and O–H groups in total. The Bertz CT molecular complexity index is 2030. The van der Waals surface area contributed by atoms with E-state index in [0.29, 0.717) is 87.9 Å². The number of carbonyl (C=O) groups is 1. The van der Waals surface area contributed by atoms with Crippen LogP contribution < -0.4 is 15.4 Å². The van der Waals surface area contributed by atoms with Crippen LogP contribution in [0.25, 0.3) is 22.4 Å². The summed E-state index contributed by atoms with van der Waals surface area (Å²) < 4.78 is 12.0. The van der Waals surface area contributed by atoms with Gasteiger partial charge in [0.15, 0.2) is 8.32 Å². The molecule has 0 saturated heterocycles. The SMILES string of the molecule is COc1nc(-c2cccc(-c3cccc(NC(=O)c4cc(C)c5c(n4)CN(CCO[Si](C)(C)C(C)(C)C)CC5)c3Cl)c2Cl)cnc1CN[C@H]1C[C@](C)(O)C1. The predicted molar refractivity (Wildman–Crippen MR) is 219 cm³/mol. The molecule has 1 fully saturated rings. The first-order chi connectivity index (χ1) is 25.5. The Labute approximate surface area is 330 Å². The number of methoxy groups -OCH3 is 1. The molecule has 0 unspecified atom stereocenters. The highest BCUT2D eigenvalue weighted by Crippen LogP contribution is 2.42. The Morgan fingerprint density at radius 2 is 1.76 bits per heavy atom. The zero-order valence-electron chi connectivity index (χ0n) is 32.6. The molecule has 288 valence electrons. The maximum Gasteiger partial charge on any atom is 0.274 e. The number of aryl methyl sites for hydroxylation is 1. The van der Waals surface area contributed by atoms with Crippen LogP contribution in [0.5, 0.6) is 5.88 Å². The minimum absolute atomic E-state index is 0.164. The molecule has 54 heavy (non-hydrogen) atoms. The minimum atomic E-state index is -1.83. The van der Waals surface area contributed by atoms with E-state index in [-0.39, 0.29) is 17.0 Å². The van der Waals surface area contributed by atoms with Gasteiger partial charge >= 0.3 is 0 Å². The maximum atomic E-state index is 13.7. The topological polar surface area (TPSA) is 122 Å². The van der Waals surface area contributed by atoms with Gasteiger partial charge in [-0.05, 0) is 74.5 Å². The van der Waals surface area contributed by atoms with Crippen molar-refractivity contribution in [3.05, 3.63) is 86.9 Å². The third-order valence-electron chi connectivity index (χ3n) is 11.1. The van der Waals surface area contributed by atoms with E-state index >= 15 is 0 Å². The Kier molecular flexibility index (Phi) is 11.9. The summed E-state index contributed by atoms with van der Waals surface area (Å²) in [6, 6.07) is 13.2. The highest BCUT2D eigenvalue weighted by atomic mass is 35.5. The van der Waals surface area contributed by atoms with Gasteiger partial charge in [-0.1, -0.05) is 74.3 Å². The molecule has 1 saturated carbocycles. The van der Waals surface area contributed by atoms with Gasteiger partial charge in [0.1, 0.15) is 11.4 Å². The molecular weight excluding hydrogens is 739 g/mol. The molecule has 2 aromatic carbocycles. The molecule has 2 aromatic heterocycles. The Morgan fingerprint density at radius 3 is 2.44 bits per heavy atom. The first-order valence-corrected chi connectivity index (χ1v) is 22.2. The number of rotatable bonds is 12. The largest absolute Gasteiger partial charge is 0.480 e. The van der Waals surface area contributed by atoms with Crippen molar-refractivity contribution in [2.24, 2.45) is 0 Å². The number of hydrogen-bond donors (Lipinski definition) is 3. The quantitative estimate of drug-likeness (QED) is 0.121. The standard InChI is InChI=1S/C41H52Cl2N6O4Si/c1-25-19-32(46-35-24-49(16-15-27(25)35)17-18-53-54(7,8)40(2,3)4)38(50)47-31-14-10-12-29(37(31)43)28-11-9-13-30(36(28)42)33-22-45-34(39(48-33)52-6)23-44-26-20-41(5,51)21-26/h9-14,19,22,26,44,51H,15-18,20-21,23-24H2,1-8H3,(H,47,50)/t26-,41-. The van der Waals surface area contributed by atoms with Crippen LogP contribution in [0.3, 0.4) is 0 Å². The van der Waals surface area contributed by atoms with Crippen molar-refractivity contribution in [3.63, 3.8) is 0 Å². The number of aromatic nitrogens is 3. The average molecular weight is 792 g/mol. The van der Waals surface area contributed by atoms with Gasteiger partial charge in [0, 0.05) is 55.5 Å². The fourth-order valence-electron chi connectivity index (χ4n) is 6.91. The van der Waals surface area contributed by atoms with Gasteiger partial charge < -0.3 is 24.9 Å². The average Bonchev–Trinajstić information content (AvgIpc) is 3.10. The number of anilines is 1. The molecule has 3 heterocycles. The third-order valence-corrected chi connectivity index (χ3v) is 16.5. The van der Waals surface area contributed by atoms with E-state index in [2.05, 4.69) is 54.4 Å². The van der Waals surface area contributed by atoms with Crippen LogP contribution in [0.2, 0.25) is 28.2 Å². The predicted octanol–water partition coefficient (Wildman–Crippen LogP) is 8.46. The van der Waals surface area contributed by atoms with E-state index in [9.17, 15) is 9.90 Å². The van der Waals surface area contributed by atoms with Gasteiger partial charge in [-0.25, -0.2) is 9.97 Å². The fraction of sp³-hybridized carbons (Fsp3) is 0.463. The molecule has 13 heteroatoms. The van der Waals surface area contributed by atoms with Gasteiger partial charge in [-0.3, -0.25) is 14.7 Å². The van der Waals surface area contributed by atoms with Crippen LogP contribution in [0.4, 0.5) is 5.69 Å². The number of benzene rings is 2. The van der Waals surface area contributed by atoms with Crippen molar-refractivity contribution < 1.29 is 19.1 Å². The van der Waals surface area contributed by atoms with E-state index in [4.69, 9.17) is 42.3 Å². The smallest absolute Gasteiger partial charge is 0.274 e. The second kappa shape index (κ2) is 16.0. The number of nitrogens with zero attached hydrogens (tertiary/aromatic N) is 4. The molecular formula is C41H52Cl2N6O4Si. The number of fused-ring (bicyclic) bond motifs is 1. The number of aliphatic hydroxyl groups is 1. The minimum Gasteiger partial charge on any atom is -0.480 e. The maximum absolute atomic E-state index is 13.7. The van der Waals surface area contributed by atoms with Crippen molar-refractivity contribution in [3.8, 4) is 28.3 Å². The molecule has 0 bridgehead atoms. The van der Waals surface area contributed by atoms with Crippen LogP contribution in [-0.4, -0.2) is 77.6 Å². The Hall–Kier alpha value is -3.42. The van der Waals surface area contributed by atoms with Crippen LogP contribution in [-0.2, 0) is 23.9 Å². The van der Waals surface area contributed by atoms with E-state index in [0.717, 1.165) is 30.8 Å². The Morgan fingerprint density at radius 1 is 1.07 bits per heavy atom. The number of halogens is 2. The van der Waals surface area contributed by atoms with Crippen LogP contribution in [0, 0.1) is 6.92 Å². The van der Waals surface area contributed by atoms with E-state index in [1.54, 1.807) is 19.4 Å². The molecule has 6 rings (SSSR count). The summed E-state index contributed by atoms with van der Waals surface area (Å²) in [5.41, 5.74) is 6.59. The first-order valence-electron chi connectivity index (χ1n) is 18.6. The third kappa shape index (κ3) is 8.83. The normalized spacial score (nSPS) is 18.9. The molecule has 4 aromatic rings. The Balaban J connectivity index is 1.16. The number of ether oxygens (including phenoxy) is 1. The van der Waals surface area contributed by atoms with Gasteiger partial charge in [0.05, 0.1) is 46.0 Å². The van der Waals surface area contributed by atoms with Crippen LogP contribution in [0.15, 0.2) is 48.7 Å². The van der Waals surface area contributed by atoms with E-state index in [1.807, 2.05) is 50.2 Å². The summed E-state index contributed by atoms with van der Waals surface area (Å²) in [5, 5.41) is 17.4. The molecule has 0 atom stereocenters. The molecule has 1 amide bonds. The summed E-state index contributed by atoms with van der Waals surface area (Å²) in [7, 11) is -0.267. The summed E-state index contributed by atoms with van der Waals surface area (Å²) in [4.78, 5) is 30.3. The molecule has 0 spiro atoms. The van der Waals surface area contributed by atoms with E-state index < -0.39 is 13.9 Å². The van der Waals surface area contributed by atoms with Gasteiger partial charge in [0.2, 0.25) is 5.88 Å². The molecule has 10 nitrogen and oxygen atoms in total. The summed E-state index contributed by atoms with van der Waals surface area (Å²) in [6.45, 7) is 18.8. The van der Waals surface area contributed by atoms with Crippen molar-refractivity contribution in [2.45, 2.75) is 96.7 Å². The van der Waals surface area contributed by atoms with Crippen LogP contribution >= 0.6 is 23.2 Å². The number of carbonyl (C=O) groups excluding carboxylic acids is 1. The lowest BCUT2D eigenvalue weighted by Gasteiger charge is -2.41. The molecule has 0 radical (unpaired) electrons. The fourth-order valence-corrected chi connectivity index (χ4v) is 8.55. The molecule has 2 aliphatic rings. The second-order valence-corrected chi connectivity index (χ2v) is 21.9. The molecule has 1 aliphatic carbocycles. The lowest BCUT2D eigenvalue weighted by molar-refractivity contribution is -0.0394. The van der Waals surface area contributed by atoms with E-state index in [1.165, 1.54) is 5.56 Å². The van der Waals surface area contributed by atoms with Crippen molar-refractivity contribution in [1.82, 2.24) is 25.2 Å². The lowest BCUT2D eigenvalue weighted by Crippen LogP contribution is -2.51. The summed E-state index contributed by atoms with van der Waals surface area (Å²) in [6.07, 6.45) is 3.94. The number of nitrogens with one attached hydrogen (secondary N) is 2. The van der Waals surface area contributed by atoms with Gasteiger partial charge in [-0.15, -0.1) is 0 Å². The first kappa shape index (κ1) is 40.2. The zero-order chi connectivity index (χ0) is 39.0. The number of pyridine rings is 1. The molecule has 1 aliphatic heterocycles. The number of hydrogen-bond acceptors (Lipinski definition) is 9. The van der Waals surface area contributed by atoms with Crippen molar-refractivity contribution >= 4 is 43.1 Å². The number of amides is 1. The zero-order valence-corrected chi connectivity index (χ0v) is 35.1. The van der Waals surface area contributed by atoms with Crippen LogP contribution in [0.1, 0.15) is 73.5 Å². The lowest BCUT2D eigenvalue weighted by atomic mass is 9.77. The summed E-state index contributed by atoms with van der Waals surface area (Å²) in [5.74, 6) is 0.0579. The highest BCUT2D eigenvalue weighted by molar-refractivity contribution is 6.74. The van der Waals surface area contributed by atoms with Crippen molar-refractivity contribution in [1.29, 1.82) is 0 Å². The van der Waals surface area contributed by atoms with Gasteiger partial charge in [0.25, 0.3) is 5.91 Å². The summed E-state index contributed by atoms with van der Waals surface area (Å²) >= 11 is 14.1. The van der Waals surface area contributed by atoms with Crippen molar-refractivity contribution in [2.75, 3.05) is 32.1 Å². The monoisotopic (exact) mass is 790 g/mol. The van der Waals surface area contributed by atoms with Gasteiger partial charge in [-0.2, -0.15) is 0 Å². The second-order valence-electron chi connectivity index (χ2n) is 16.4.